The second kappa shape index (κ2) is 4.44. The molecule has 0 N–H and O–H groups in total. The van der Waals surface area contributed by atoms with Crippen LogP contribution in [0, 0.1) is 15.5 Å². The third-order valence-electron chi connectivity index (χ3n) is 2.95. The van der Waals surface area contributed by atoms with Gasteiger partial charge in [0.15, 0.2) is 6.10 Å². The molecule has 0 bridgehead atoms. The molecule has 96 valence electrons. The van der Waals surface area contributed by atoms with Gasteiger partial charge in [-0.05, 0) is 11.6 Å². The van der Waals surface area contributed by atoms with E-state index in [-0.39, 0.29) is 16.9 Å². The predicted molar refractivity (Wildman–Crippen MR) is 69.6 cm³/mol. The summed E-state index contributed by atoms with van der Waals surface area (Å²) in [5, 5.41) is 10.7. The van der Waals surface area contributed by atoms with Gasteiger partial charge in [-0.3, -0.25) is 10.1 Å². The van der Waals surface area contributed by atoms with E-state index < -0.39 is 6.10 Å². The van der Waals surface area contributed by atoms with Gasteiger partial charge >= 0.3 is 0 Å². The first-order valence-electron chi connectivity index (χ1n) is 5.97. The summed E-state index contributed by atoms with van der Waals surface area (Å²) in [6.45, 7) is 5.91. The Bertz CT molecular complexity index is 500. The average molecular weight is 247 g/mol. The fourth-order valence-electron chi connectivity index (χ4n) is 1.99. The molecule has 0 spiro atoms. The monoisotopic (exact) mass is 247 g/mol. The third-order valence-corrected chi connectivity index (χ3v) is 2.95. The highest BCUT2D eigenvalue weighted by atomic mass is 16.6. The van der Waals surface area contributed by atoms with E-state index in [0.717, 1.165) is 16.9 Å². The lowest BCUT2D eigenvalue weighted by Gasteiger charge is -2.31. The van der Waals surface area contributed by atoms with Gasteiger partial charge < -0.3 is 4.74 Å². The van der Waals surface area contributed by atoms with Crippen LogP contribution in [0.1, 0.15) is 38.0 Å². The van der Waals surface area contributed by atoms with Crippen LogP contribution >= 0.6 is 0 Å². The second-order valence-corrected chi connectivity index (χ2v) is 5.51. The molecule has 4 heteroatoms. The van der Waals surface area contributed by atoms with E-state index in [2.05, 4.69) is 0 Å². The van der Waals surface area contributed by atoms with Gasteiger partial charge in [-0.15, -0.1) is 0 Å². The van der Waals surface area contributed by atoms with Crippen molar-refractivity contribution in [3.05, 3.63) is 51.3 Å². The first-order valence-corrected chi connectivity index (χ1v) is 5.97. The summed E-state index contributed by atoms with van der Waals surface area (Å²) < 4.78 is 5.81. The maximum Gasteiger partial charge on any atom is 0.244 e. The first kappa shape index (κ1) is 12.6. The number of benzene rings is 1. The van der Waals surface area contributed by atoms with E-state index in [0.29, 0.717) is 0 Å². The highest BCUT2D eigenvalue weighted by molar-refractivity contribution is 5.59. The Morgan fingerprint density at radius 1 is 1.33 bits per heavy atom. The van der Waals surface area contributed by atoms with Gasteiger partial charge in [0.2, 0.25) is 6.54 Å². The summed E-state index contributed by atoms with van der Waals surface area (Å²) in [6.07, 6.45) is 1.49. The summed E-state index contributed by atoms with van der Waals surface area (Å²) >= 11 is 0. The Hall–Kier alpha value is -1.84. The lowest BCUT2D eigenvalue weighted by Crippen LogP contribution is -2.24. The molecular formula is C14H17NO3. The Morgan fingerprint density at radius 3 is 2.61 bits per heavy atom. The van der Waals surface area contributed by atoms with Crippen LogP contribution in [-0.2, 0) is 4.74 Å². The molecule has 1 aliphatic rings. The van der Waals surface area contributed by atoms with Crippen LogP contribution in [0.5, 0.6) is 0 Å². The molecular weight excluding hydrogens is 230 g/mol. The molecule has 1 unspecified atom stereocenters. The highest BCUT2D eigenvalue weighted by Crippen LogP contribution is 2.38. The summed E-state index contributed by atoms with van der Waals surface area (Å²) in [5.41, 5.74) is 1.75. The van der Waals surface area contributed by atoms with Gasteiger partial charge in [0, 0.05) is 15.9 Å². The van der Waals surface area contributed by atoms with Crippen LogP contribution < -0.4 is 0 Å². The van der Waals surface area contributed by atoms with Crippen LogP contribution in [-0.4, -0.2) is 11.5 Å². The molecule has 1 aliphatic heterocycles. The molecule has 18 heavy (non-hydrogen) atoms. The van der Waals surface area contributed by atoms with Gasteiger partial charge in [-0.2, -0.15) is 0 Å². The minimum atomic E-state index is -0.490. The zero-order chi connectivity index (χ0) is 13.3. The fraction of sp³-hybridized carbons (Fsp3) is 0.429. The molecule has 1 atom stereocenters. The van der Waals surface area contributed by atoms with E-state index in [4.69, 9.17) is 4.74 Å². The van der Waals surface area contributed by atoms with Crippen molar-refractivity contribution in [2.45, 2.75) is 26.9 Å². The molecule has 1 aromatic rings. The average Bonchev–Trinajstić information content (AvgIpc) is 2.27. The molecule has 0 saturated heterocycles. The Balaban J connectivity index is 2.42. The van der Waals surface area contributed by atoms with Crippen molar-refractivity contribution in [1.29, 1.82) is 0 Å². The molecule has 0 saturated carbocycles. The Kier molecular flexibility index (Phi) is 3.11. The van der Waals surface area contributed by atoms with Gasteiger partial charge in [-0.25, -0.2) is 0 Å². The second-order valence-electron chi connectivity index (χ2n) is 5.51. The van der Waals surface area contributed by atoms with Crippen molar-refractivity contribution in [2.24, 2.45) is 5.41 Å². The first-order chi connectivity index (χ1) is 8.38. The number of hydrogen-bond acceptors (Lipinski definition) is 3. The molecule has 1 heterocycles. The molecule has 0 aromatic heterocycles. The minimum Gasteiger partial charge on any atom is -0.483 e. The molecule has 0 amide bonds. The van der Waals surface area contributed by atoms with Crippen molar-refractivity contribution in [3.8, 4) is 0 Å². The van der Waals surface area contributed by atoms with E-state index in [1.165, 1.54) is 0 Å². The van der Waals surface area contributed by atoms with Crippen LogP contribution in [0.4, 0.5) is 0 Å². The third kappa shape index (κ3) is 2.53. The molecule has 0 radical (unpaired) electrons. The smallest absolute Gasteiger partial charge is 0.244 e. The minimum absolute atomic E-state index is 0.150. The highest BCUT2D eigenvalue weighted by Gasteiger charge is 2.31. The molecule has 0 aliphatic carbocycles. The van der Waals surface area contributed by atoms with Crippen molar-refractivity contribution >= 4 is 6.08 Å². The lowest BCUT2D eigenvalue weighted by atomic mass is 9.88. The molecule has 2 rings (SSSR count). The number of allylic oxidation sites excluding steroid dienone is 1. The predicted octanol–water partition coefficient (Wildman–Crippen LogP) is 3.42. The normalized spacial score (nSPS) is 18.6. The zero-order valence-corrected chi connectivity index (χ0v) is 10.8. The Labute approximate surface area is 106 Å². The van der Waals surface area contributed by atoms with Gasteiger partial charge in [0.1, 0.15) is 5.76 Å². The largest absolute Gasteiger partial charge is 0.483 e. The number of ether oxygens (including phenoxy) is 1. The lowest BCUT2D eigenvalue weighted by molar-refractivity contribution is -0.492. The number of fused-ring (bicyclic) bond motifs is 1. The maximum absolute atomic E-state index is 10.7. The molecule has 0 fully saturated rings. The summed E-state index contributed by atoms with van der Waals surface area (Å²) in [6, 6.07) is 7.67. The van der Waals surface area contributed by atoms with Crippen molar-refractivity contribution in [2.75, 3.05) is 6.54 Å². The summed E-state index contributed by atoms with van der Waals surface area (Å²) in [7, 11) is 0. The SMILES string of the molecule is CC(C)(C)C1=Cc2ccccc2C(C[N+](=O)[O-])O1. The van der Waals surface area contributed by atoms with Crippen molar-refractivity contribution < 1.29 is 9.66 Å². The van der Waals surface area contributed by atoms with Crippen LogP contribution in [0.2, 0.25) is 0 Å². The standard InChI is InChI=1S/C14H17NO3/c1-14(2,3)13-8-10-6-4-5-7-11(10)12(18-13)9-15(16)17/h4-8,12H,9H2,1-3H3. The molecule has 1 aromatic carbocycles. The topological polar surface area (TPSA) is 52.4 Å². The van der Waals surface area contributed by atoms with Crippen LogP contribution in [0.25, 0.3) is 6.08 Å². The summed E-state index contributed by atoms with van der Waals surface area (Å²) in [4.78, 5) is 10.4. The number of rotatable bonds is 2. The zero-order valence-electron chi connectivity index (χ0n) is 10.8. The van der Waals surface area contributed by atoms with E-state index in [9.17, 15) is 10.1 Å². The quantitative estimate of drug-likeness (QED) is 0.594. The number of nitro groups is 1. The van der Waals surface area contributed by atoms with E-state index in [1.807, 2.05) is 51.1 Å². The van der Waals surface area contributed by atoms with E-state index >= 15 is 0 Å². The summed E-state index contributed by atoms with van der Waals surface area (Å²) in [5.74, 6) is 0.799. The van der Waals surface area contributed by atoms with Gasteiger partial charge in [0.25, 0.3) is 0 Å². The Morgan fingerprint density at radius 2 is 2.00 bits per heavy atom. The maximum atomic E-state index is 10.7. The van der Waals surface area contributed by atoms with Crippen LogP contribution in [0.3, 0.4) is 0 Å². The van der Waals surface area contributed by atoms with Crippen molar-refractivity contribution in [1.82, 2.24) is 0 Å². The number of hydrogen-bond donors (Lipinski definition) is 0. The van der Waals surface area contributed by atoms with Crippen LogP contribution in [0.15, 0.2) is 30.0 Å². The number of nitrogens with zero attached hydrogens (tertiary/aromatic N) is 1. The van der Waals surface area contributed by atoms with Crippen molar-refractivity contribution in [3.63, 3.8) is 0 Å². The van der Waals surface area contributed by atoms with Gasteiger partial charge in [0.05, 0.1) is 0 Å². The fourth-order valence-corrected chi connectivity index (χ4v) is 1.99. The van der Waals surface area contributed by atoms with Gasteiger partial charge in [-0.1, -0.05) is 45.0 Å². The van der Waals surface area contributed by atoms with E-state index in [1.54, 1.807) is 0 Å². The molecule has 4 nitrogen and oxygen atoms in total.